The largest absolute Gasteiger partial charge is 0.496 e. The van der Waals surface area contributed by atoms with Crippen molar-refractivity contribution in [3.8, 4) is 16.2 Å². The summed E-state index contributed by atoms with van der Waals surface area (Å²) in [6.07, 6.45) is 6.08. The van der Waals surface area contributed by atoms with Crippen LogP contribution in [0.2, 0.25) is 0 Å². The van der Waals surface area contributed by atoms with E-state index in [0.29, 0.717) is 17.3 Å². The van der Waals surface area contributed by atoms with E-state index in [-0.39, 0.29) is 0 Å². The molecule has 0 saturated carbocycles. The Morgan fingerprint density at radius 2 is 1.83 bits per heavy atom. The number of hydrogen-bond donors (Lipinski definition) is 1. The summed E-state index contributed by atoms with van der Waals surface area (Å²) in [7, 11) is 1.61. The fraction of sp³-hybridized carbons (Fsp3) is 0.0417. The molecular weight excluding hydrogens is 394 g/mol. The van der Waals surface area contributed by atoms with Gasteiger partial charge in [0.2, 0.25) is 5.95 Å². The van der Waals surface area contributed by atoms with Gasteiger partial charge in [-0.3, -0.25) is 4.79 Å². The number of carbonyl (C=O) groups excluding carboxylic acids is 1. The Balaban J connectivity index is 1.63. The van der Waals surface area contributed by atoms with Gasteiger partial charge in [-0.25, -0.2) is 9.97 Å². The van der Waals surface area contributed by atoms with Crippen molar-refractivity contribution in [1.29, 1.82) is 0 Å². The Labute approximate surface area is 178 Å². The molecule has 2 aromatic carbocycles. The SMILES string of the molecule is COc1ccc(-c2cccs2)cc1/C(C=O)=C\c1ccc(Nc2ncccn2)cc1. The zero-order valence-corrected chi connectivity index (χ0v) is 17.1. The number of rotatable bonds is 7. The molecule has 148 valence electrons. The third-order valence-corrected chi connectivity index (χ3v) is 5.42. The summed E-state index contributed by atoms with van der Waals surface area (Å²) in [5.74, 6) is 1.19. The second-order valence-corrected chi connectivity index (χ2v) is 7.38. The van der Waals surface area contributed by atoms with E-state index in [1.807, 2.05) is 60.0 Å². The van der Waals surface area contributed by atoms with Gasteiger partial charge in [-0.2, -0.15) is 0 Å². The van der Waals surface area contributed by atoms with Gasteiger partial charge in [0, 0.05) is 34.1 Å². The number of carbonyl (C=O) groups is 1. The van der Waals surface area contributed by atoms with E-state index < -0.39 is 0 Å². The summed E-state index contributed by atoms with van der Waals surface area (Å²) in [5, 5.41) is 5.17. The van der Waals surface area contributed by atoms with Crippen molar-refractivity contribution < 1.29 is 9.53 Å². The van der Waals surface area contributed by atoms with Crippen molar-refractivity contribution in [2.45, 2.75) is 0 Å². The van der Waals surface area contributed by atoms with Crippen molar-refractivity contribution in [2.24, 2.45) is 0 Å². The number of hydrogen-bond acceptors (Lipinski definition) is 6. The first-order chi connectivity index (χ1) is 14.8. The van der Waals surface area contributed by atoms with Gasteiger partial charge in [-0.15, -0.1) is 11.3 Å². The first-order valence-electron chi connectivity index (χ1n) is 9.30. The molecular formula is C24H19N3O2S. The van der Waals surface area contributed by atoms with Crippen LogP contribution in [0.3, 0.4) is 0 Å². The molecule has 0 unspecified atom stereocenters. The maximum Gasteiger partial charge on any atom is 0.227 e. The highest BCUT2D eigenvalue weighted by Crippen LogP contribution is 2.33. The van der Waals surface area contributed by atoms with Crippen LogP contribution in [-0.4, -0.2) is 23.4 Å². The summed E-state index contributed by atoms with van der Waals surface area (Å²) in [6.45, 7) is 0. The second-order valence-electron chi connectivity index (χ2n) is 6.43. The number of ether oxygens (including phenoxy) is 1. The Morgan fingerprint density at radius 1 is 1.03 bits per heavy atom. The van der Waals surface area contributed by atoms with Crippen LogP contribution >= 0.6 is 11.3 Å². The fourth-order valence-corrected chi connectivity index (χ4v) is 3.76. The third-order valence-electron chi connectivity index (χ3n) is 4.50. The van der Waals surface area contributed by atoms with Crippen molar-refractivity contribution in [1.82, 2.24) is 9.97 Å². The summed E-state index contributed by atoms with van der Waals surface area (Å²) in [4.78, 5) is 21.4. The second kappa shape index (κ2) is 9.15. The molecule has 2 aromatic heterocycles. The van der Waals surface area contributed by atoms with E-state index in [1.165, 1.54) is 0 Å². The molecule has 0 atom stereocenters. The van der Waals surface area contributed by atoms with Crippen LogP contribution in [0.5, 0.6) is 5.75 Å². The molecule has 0 saturated heterocycles. The molecule has 4 aromatic rings. The predicted octanol–water partition coefficient (Wildman–Crippen LogP) is 5.70. The van der Waals surface area contributed by atoms with E-state index in [9.17, 15) is 4.79 Å². The number of nitrogens with one attached hydrogen (secondary N) is 1. The fourth-order valence-electron chi connectivity index (χ4n) is 3.04. The highest BCUT2D eigenvalue weighted by molar-refractivity contribution is 7.13. The summed E-state index contributed by atoms with van der Waals surface area (Å²) in [6, 6.07) is 19.4. The van der Waals surface area contributed by atoms with Crippen LogP contribution in [-0.2, 0) is 4.79 Å². The lowest BCUT2D eigenvalue weighted by molar-refractivity contribution is -0.103. The summed E-state index contributed by atoms with van der Waals surface area (Å²) in [5.41, 5.74) is 4.13. The van der Waals surface area contributed by atoms with Crippen LogP contribution in [0.25, 0.3) is 22.1 Å². The molecule has 0 fully saturated rings. The van der Waals surface area contributed by atoms with Gasteiger partial charge in [-0.05, 0) is 65.0 Å². The number of allylic oxidation sites excluding steroid dienone is 1. The molecule has 4 rings (SSSR count). The molecule has 0 aliphatic rings. The number of benzene rings is 2. The van der Waals surface area contributed by atoms with Gasteiger partial charge in [0.1, 0.15) is 5.75 Å². The van der Waals surface area contributed by atoms with Crippen molar-refractivity contribution in [2.75, 3.05) is 12.4 Å². The minimum atomic E-state index is 0.532. The number of methoxy groups -OCH3 is 1. The van der Waals surface area contributed by atoms with E-state index in [4.69, 9.17) is 4.74 Å². The Morgan fingerprint density at radius 3 is 2.50 bits per heavy atom. The molecule has 6 heteroatoms. The van der Waals surface area contributed by atoms with Crippen LogP contribution in [0.4, 0.5) is 11.6 Å². The molecule has 0 amide bonds. The lowest BCUT2D eigenvalue weighted by Gasteiger charge is -2.11. The average molecular weight is 414 g/mol. The smallest absolute Gasteiger partial charge is 0.227 e. The molecule has 0 spiro atoms. The van der Waals surface area contributed by atoms with Crippen molar-refractivity contribution in [3.05, 3.63) is 89.6 Å². The predicted molar refractivity (Wildman–Crippen MR) is 122 cm³/mol. The quantitative estimate of drug-likeness (QED) is 0.239. The molecule has 30 heavy (non-hydrogen) atoms. The maximum absolute atomic E-state index is 11.9. The maximum atomic E-state index is 11.9. The number of aromatic nitrogens is 2. The minimum Gasteiger partial charge on any atom is -0.496 e. The van der Waals surface area contributed by atoms with E-state index in [1.54, 1.807) is 36.9 Å². The normalized spacial score (nSPS) is 11.2. The topological polar surface area (TPSA) is 64.1 Å². The third kappa shape index (κ3) is 4.45. The summed E-state index contributed by atoms with van der Waals surface area (Å²) >= 11 is 1.66. The standard InChI is InChI=1S/C24H19N3O2S/c1-29-22-10-7-18(23-4-2-13-30-23)15-21(22)19(16-28)14-17-5-8-20(9-6-17)27-24-25-11-3-12-26-24/h2-16H,1H3,(H,25,26,27)/b19-14-. The van der Waals surface area contributed by atoms with Crippen LogP contribution in [0.1, 0.15) is 11.1 Å². The lowest BCUT2D eigenvalue weighted by Crippen LogP contribution is -1.95. The molecule has 1 N–H and O–H groups in total. The van der Waals surface area contributed by atoms with Gasteiger partial charge in [-0.1, -0.05) is 18.2 Å². The minimum absolute atomic E-state index is 0.532. The van der Waals surface area contributed by atoms with Gasteiger partial charge in [0.15, 0.2) is 6.29 Å². The highest BCUT2D eigenvalue weighted by atomic mass is 32.1. The van der Waals surface area contributed by atoms with Gasteiger partial charge in [0.25, 0.3) is 0 Å². The zero-order valence-electron chi connectivity index (χ0n) is 16.3. The first kappa shape index (κ1) is 19.5. The van der Waals surface area contributed by atoms with Gasteiger partial charge < -0.3 is 10.1 Å². The molecule has 0 aliphatic heterocycles. The van der Waals surface area contributed by atoms with Gasteiger partial charge in [0.05, 0.1) is 7.11 Å². The number of aldehydes is 1. The number of anilines is 2. The van der Waals surface area contributed by atoms with Crippen molar-refractivity contribution in [3.63, 3.8) is 0 Å². The lowest BCUT2D eigenvalue weighted by atomic mass is 9.99. The van der Waals surface area contributed by atoms with Crippen LogP contribution in [0.15, 0.2) is 78.4 Å². The Hall–Kier alpha value is -3.77. The summed E-state index contributed by atoms with van der Waals surface area (Å²) < 4.78 is 5.50. The van der Waals surface area contributed by atoms with E-state index in [2.05, 4.69) is 21.4 Å². The Kier molecular flexibility index (Phi) is 5.96. The van der Waals surface area contributed by atoms with E-state index in [0.717, 1.165) is 33.5 Å². The van der Waals surface area contributed by atoms with E-state index >= 15 is 0 Å². The average Bonchev–Trinajstić information content (AvgIpc) is 3.34. The molecule has 0 aliphatic carbocycles. The van der Waals surface area contributed by atoms with Gasteiger partial charge >= 0.3 is 0 Å². The number of thiophene rings is 1. The molecule has 0 radical (unpaired) electrons. The van der Waals surface area contributed by atoms with Crippen molar-refractivity contribution >= 4 is 40.9 Å². The highest BCUT2D eigenvalue weighted by Gasteiger charge is 2.11. The first-order valence-corrected chi connectivity index (χ1v) is 10.2. The molecule has 5 nitrogen and oxygen atoms in total. The zero-order chi connectivity index (χ0) is 20.8. The van der Waals surface area contributed by atoms with Crippen LogP contribution < -0.4 is 10.1 Å². The Bertz CT molecular complexity index is 1160. The monoisotopic (exact) mass is 413 g/mol. The molecule has 0 bridgehead atoms. The number of nitrogens with zero attached hydrogens (tertiary/aromatic N) is 2. The van der Waals surface area contributed by atoms with Crippen LogP contribution in [0, 0.1) is 0 Å². The molecule has 2 heterocycles.